The van der Waals surface area contributed by atoms with Gasteiger partial charge in [0.1, 0.15) is 5.69 Å². The number of pyridine rings is 1. The van der Waals surface area contributed by atoms with Crippen LogP contribution < -0.4 is 0 Å². The number of aromatic nitrogens is 1. The van der Waals surface area contributed by atoms with Crippen molar-refractivity contribution in [3.8, 4) is 0 Å². The Kier molecular flexibility index (Phi) is 3.09. The number of carbonyl (C=O) groups excluding carboxylic acids is 1. The summed E-state index contributed by atoms with van der Waals surface area (Å²) >= 11 is 0. The van der Waals surface area contributed by atoms with E-state index in [4.69, 9.17) is 9.94 Å². The molecule has 0 radical (unpaired) electrons. The molecule has 0 atom stereocenters. The van der Waals surface area contributed by atoms with Crippen molar-refractivity contribution in [2.24, 2.45) is 5.16 Å². The molecule has 5 heteroatoms. The lowest BCUT2D eigenvalue weighted by Gasteiger charge is -2.07. The number of ether oxygens (including phenoxy) is 1. The molecule has 0 saturated heterocycles. The number of rotatable bonds is 3. The number of oxime groups is 1. The third kappa shape index (κ3) is 1.99. The van der Waals surface area contributed by atoms with E-state index in [2.05, 4.69) is 5.16 Å². The fourth-order valence-corrected chi connectivity index (χ4v) is 1.70. The van der Waals surface area contributed by atoms with Crippen LogP contribution in [0.15, 0.2) is 35.6 Å². The molecule has 0 fully saturated rings. The van der Waals surface area contributed by atoms with E-state index in [0.29, 0.717) is 12.3 Å². The van der Waals surface area contributed by atoms with E-state index < -0.39 is 0 Å². The standard InChI is InChI=1S/C12H12N2O3/c1-2-17-12(15)11-6-5-9(8-13-16)10-4-3-7-14(10)11/h3-8,16H,2H2,1H3/b13-8-. The second-order valence-electron chi connectivity index (χ2n) is 3.40. The monoisotopic (exact) mass is 232 g/mol. The number of esters is 1. The maximum atomic E-state index is 11.7. The van der Waals surface area contributed by atoms with Crippen molar-refractivity contribution < 1.29 is 14.7 Å². The lowest BCUT2D eigenvalue weighted by atomic mass is 10.2. The zero-order valence-electron chi connectivity index (χ0n) is 9.33. The average Bonchev–Trinajstić information content (AvgIpc) is 2.79. The number of nitrogens with zero attached hydrogens (tertiary/aromatic N) is 2. The van der Waals surface area contributed by atoms with E-state index in [1.54, 1.807) is 29.7 Å². The second-order valence-corrected chi connectivity index (χ2v) is 3.40. The van der Waals surface area contributed by atoms with E-state index in [1.165, 1.54) is 6.21 Å². The first-order valence-electron chi connectivity index (χ1n) is 5.22. The Morgan fingerprint density at radius 3 is 3.06 bits per heavy atom. The summed E-state index contributed by atoms with van der Waals surface area (Å²) in [4.78, 5) is 11.7. The van der Waals surface area contributed by atoms with Crippen molar-refractivity contribution in [2.45, 2.75) is 6.92 Å². The Bertz CT molecular complexity index is 572. The molecule has 0 saturated carbocycles. The molecule has 0 spiro atoms. The minimum absolute atomic E-state index is 0.335. The topological polar surface area (TPSA) is 63.3 Å². The van der Waals surface area contributed by atoms with Gasteiger partial charge in [0.15, 0.2) is 0 Å². The molecule has 0 aliphatic carbocycles. The van der Waals surface area contributed by atoms with Gasteiger partial charge >= 0.3 is 5.97 Å². The van der Waals surface area contributed by atoms with Crippen molar-refractivity contribution in [1.29, 1.82) is 0 Å². The first-order valence-corrected chi connectivity index (χ1v) is 5.22. The first kappa shape index (κ1) is 11.2. The predicted octanol–water partition coefficient (Wildman–Crippen LogP) is 1.92. The number of hydrogen-bond acceptors (Lipinski definition) is 4. The molecule has 1 N–H and O–H groups in total. The van der Waals surface area contributed by atoms with Gasteiger partial charge in [-0.15, -0.1) is 0 Å². The molecule has 88 valence electrons. The van der Waals surface area contributed by atoms with Crippen LogP contribution in [0.25, 0.3) is 5.52 Å². The molecule has 0 amide bonds. The molecule has 0 aliphatic heterocycles. The number of hydrogen-bond donors (Lipinski definition) is 1. The second kappa shape index (κ2) is 4.69. The molecule has 2 rings (SSSR count). The van der Waals surface area contributed by atoms with Crippen LogP contribution >= 0.6 is 0 Å². The molecule has 0 aliphatic rings. The smallest absolute Gasteiger partial charge is 0.355 e. The van der Waals surface area contributed by atoms with Gasteiger partial charge in [-0.25, -0.2) is 4.79 Å². The Labute approximate surface area is 97.9 Å². The van der Waals surface area contributed by atoms with E-state index >= 15 is 0 Å². The minimum atomic E-state index is -0.374. The Hall–Kier alpha value is -2.30. The van der Waals surface area contributed by atoms with Crippen LogP contribution in [0, 0.1) is 0 Å². The summed E-state index contributed by atoms with van der Waals surface area (Å²) in [5.41, 5.74) is 1.96. The van der Waals surface area contributed by atoms with Crippen molar-refractivity contribution in [1.82, 2.24) is 4.40 Å². The summed E-state index contributed by atoms with van der Waals surface area (Å²) < 4.78 is 6.67. The highest BCUT2D eigenvalue weighted by molar-refractivity contribution is 5.94. The van der Waals surface area contributed by atoms with E-state index in [0.717, 1.165) is 11.1 Å². The largest absolute Gasteiger partial charge is 0.461 e. The van der Waals surface area contributed by atoms with Gasteiger partial charge in [-0.05, 0) is 31.2 Å². The van der Waals surface area contributed by atoms with Gasteiger partial charge in [-0.2, -0.15) is 0 Å². The van der Waals surface area contributed by atoms with Gasteiger partial charge in [0.25, 0.3) is 0 Å². The van der Waals surface area contributed by atoms with Gasteiger partial charge in [-0.1, -0.05) is 5.16 Å². The van der Waals surface area contributed by atoms with E-state index in [-0.39, 0.29) is 5.97 Å². The molecule has 2 heterocycles. The Morgan fingerprint density at radius 1 is 1.53 bits per heavy atom. The van der Waals surface area contributed by atoms with Gasteiger partial charge in [0.2, 0.25) is 0 Å². The lowest BCUT2D eigenvalue weighted by Crippen LogP contribution is -2.10. The Balaban J connectivity index is 2.57. The molecule has 2 aromatic heterocycles. The summed E-state index contributed by atoms with van der Waals surface area (Å²) in [5, 5.41) is 11.5. The highest BCUT2D eigenvalue weighted by Gasteiger charge is 2.12. The van der Waals surface area contributed by atoms with Gasteiger partial charge in [-0.3, -0.25) is 0 Å². The summed E-state index contributed by atoms with van der Waals surface area (Å²) in [6, 6.07) is 7.00. The molecule has 5 nitrogen and oxygen atoms in total. The van der Waals surface area contributed by atoms with Gasteiger partial charge in [0, 0.05) is 11.8 Å². The summed E-state index contributed by atoms with van der Waals surface area (Å²) in [5.74, 6) is -0.374. The van der Waals surface area contributed by atoms with Crippen LogP contribution in [0.5, 0.6) is 0 Å². The van der Waals surface area contributed by atoms with Crippen LogP contribution in [-0.4, -0.2) is 28.4 Å². The zero-order chi connectivity index (χ0) is 12.3. The van der Waals surface area contributed by atoms with Crippen LogP contribution in [0.2, 0.25) is 0 Å². The highest BCUT2D eigenvalue weighted by atomic mass is 16.5. The van der Waals surface area contributed by atoms with E-state index in [1.807, 2.05) is 12.1 Å². The third-order valence-electron chi connectivity index (χ3n) is 2.41. The molecule has 2 aromatic rings. The van der Waals surface area contributed by atoms with Crippen molar-refractivity contribution in [2.75, 3.05) is 6.61 Å². The highest BCUT2D eigenvalue weighted by Crippen LogP contribution is 2.14. The normalized spacial score (nSPS) is 11.1. The van der Waals surface area contributed by atoms with Gasteiger partial charge in [0.05, 0.1) is 18.3 Å². The predicted molar refractivity (Wildman–Crippen MR) is 62.7 cm³/mol. The van der Waals surface area contributed by atoms with Crippen molar-refractivity contribution in [3.05, 3.63) is 41.7 Å². The zero-order valence-corrected chi connectivity index (χ0v) is 9.33. The maximum Gasteiger partial charge on any atom is 0.355 e. The fraction of sp³-hybridized carbons (Fsp3) is 0.167. The molecular formula is C12H12N2O3. The SMILES string of the molecule is CCOC(=O)c1ccc(/C=N\O)c2cccn12. The average molecular weight is 232 g/mol. The molecular weight excluding hydrogens is 220 g/mol. The quantitative estimate of drug-likeness (QED) is 0.380. The molecule has 0 aromatic carbocycles. The first-order chi connectivity index (χ1) is 8.27. The summed E-state index contributed by atoms with van der Waals surface area (Å²) in [7, 11) is 0. The summed E-state index contributed by atoms with van der Waals surface area (Å²) in [6.45, 7) is 2.10. The Morgan fingerprint density at radius 2 is 2.35 bits per heavy atom. The van der Waals surface area contributed by atoms with Crippen LogP contribution in [-0.2, 0) is 4.74 Å². The molecule has 17 heavy (non-hydrogen) atoms. The van der Waals surface area contributed by atoms with Crippen LogP contribution in [0.4, 0.5) is 0 Å². The van der Waals surface area contributed by atoms with E-state index in [9.17, 15) is 4.79 Å². The van der Waals surface area contributed by atoms with Crippen molar-refractivity contribution in [3.63, 3.8) is 0 Å². The van der Waals surface area contributed by atoms with Gasteiger partial charge < -0.3 is 14.3 Å². The number of fused-ring (bicyclic) bond motifs is 1. The third-order valence-corrected chi connectivity index (χ3v) is 2.41. The van der Waals surface area contributed by atoms with Crippen LogP contribution in [0.1, 0.15) is 23.0 Å². The van der Waals surface area contributed by atoms with Crippen molar-refractivity contribution >= 4 is 17.7 Å². The fourth-order valence-electron chi connectivity index (χ4n) is 1.70. The number of carbonyl (C=O) groups is 1. The lowest BCUT2D eigenvalue weighted by molar-refractivity contribution is 0.0518. The minimum Gasteiger partial charge on any atom is -0.461 e. The maximum absolute atomic E-state index is 11.7. The summed E-state index contributed by atoms with van der Waals surface area (Å²) in [6.07, 6.45) is 3.08. The van der Waals surface area contributed by atoms with Crippen LogP contribution in [0.3, 0.4) is 0 Å². The molecule has 0 bridgehead atoms. The molecule has 0 unspecified atom stereocenters.